The van der Waals surface area contributed by atoms with Gasteiger partial charge in [-0.05, 0) is 50.5 Å². The van der Waals surface area contributed by atoms with E-state index in [0.29, 0.717) is 26.1 Å². The summed E-state index contributed by atoms with van der Waals surface area (Å²) in [7, 11) is 0. The summed E-state index contributed by atoms with van der Waals surface area (Å²) in [6.45, 7) is 8.78. The molecular formula is C19H28N4O2. The zero-order chi connectivity index (χ0) is 18.0. The second-order valence-corrected chi connectivity index (χ2v) is 7.23. The Kier molecular flexibility index (Phi) is 5.39. The van der Waals surface area contributed by atoms with Crippen molar-refractivity contribution in [2.45, 2.75) is 52.3 Å². The van der Waals surface area contributed by atoms with Gasteiger partial charge in [-0.25, -0.2) is 4.98 Å². The first-order chi connectivity index (χ1) is 11.9. The summed E-state index contributed by atoms with van der Waals surface area (Å²) in [5, 5.41) is 13.7. The number of aryl methyl sites for hydroxylation is 2. The first-order valence-corrected chi connectivity index (χ1v) is 9.05. The summed E-state index contributed by atoms with van der Waals surface area (Å²) in [6.07, 6.45) is 2.91. The summed E-state index contributed by atoms with van der Waals surface area (Å²) in [4.78, 5) is 18.0. The van der Waals surface area contributed by atoms with E-state index in [4.69, 9.17) is 0 Å². The second kappa shape index (κ2) is 7.54. The Balaban J connectivity index is 1.53. The first-order valence-electron chi connectivity index (χ1n) is 9.05. The molecular weight excluding hydrogens is 316 g/mol. The number of likely N-dealkylation sites (tertiary alicyclic amines) is 1. The molecule has 2 aromatic rings. The standard InChI is InChI=1S/C19H28N4O2/c1-13-7-17-18(8-14(13)2)23(12-21-17)11-16(24)9-20-15(3)10-22-6-4-5-19(22)25/h7-8,12,15-16,20,24H,4-6,9-11H2,1-3H3/t15-,16-/m0/s1. The van der Waals surface area contributed by atoms with Crippen LogP contribution in [-0.2, 0) is 11.3 Å². The molecule has 0 aliphatic carbocycles. The molecule has 1 aromatic carbocycles. The zero-order valence-corrected chi connectivity index (χ0v) is 15.3. The van der Waals surface area contributed by atoms with E-state index >= 15 is 0 Å². The minimum Gasteiger partial charge on any atom is -0.390 e. The lowest BCUT2D eigenvalue weighted by Gasteiger charge is -2.23. The number of rotatable bonds is 7. The molecule has 0 unspecified atom stereocenters. The number of carbonyl (C=O) groups excluding carboxylic acids is 1. The normalized spacial score (nSPS) is 17.4. The monoisotopic (exact) mass is 344 g/mol. The van der Waals surface area contributed by atoms with E-state index in [1.54, 1.807) is 6.33 Å². The topological polar surface area (TPSA) is 70.4 Å². The van der Waals surface area contributed by atoms with Crippen LogP contribution in [0.4, 0.5) is 0 Å². The summed E-state index contributed by atoms with van der Waals surface area (Å²) in [5.41, 5.74) is 4.47. The average molecular weight is 344 g/mol. The third-order valence-electron chi connectivity index (χ3n) is 5.01. The van der Waals surface area contributed by atoms with E-state index in [0.717, 1.165) is 24.0 Å². The van der Waals surface area contributed by atoms with Crippen LogP contribution in [0.5, 0.6) is 0 Å². The highest BCUT2D eigenvalue weighted by atomic mass is 16.3. The van der Waals surface area contributed by atoms with Crippen LogP contribution >= 0.6 is 0 Å². The fourth-order valence-electron chi connectivity index (χ4n) is 3.38. The van der Waals surface area contributed by atoms with Crippen LogP contribution in [0.1, 0.15) is 30.9 Å². The van der Waals surface area contributed by atoms with Gasteiger partial charge in [0.25, 0.3) is 0 Å². The highest BCUT2D eigenvalue weighted by Crippen LogP contribution is 2.18. The van der Waals surface area contributed by atoms with Gasteiger partial charge in [0.2, 0.25) is 5.91 Å². The molecule has 1 aliphatic heterocycles. The maximum Gasteiger partial charge on any atom is 0.222 e. The number of benzene rings is 1. The largest absolute Gasteiger partial charge is 0.390 e. The van der Waals surface area contributed by atoms with Crippen molar-refractivity contribution in [3.63, 3.8) is 0 Å². The maximum absolute atomic E-state index is 11.7. The Hall–Kier alpha value is -1.92. The number of aliphatic hydroxyl groups excluding tert-OH is 1. The fraction of sp³-hybridized carbons (Fsp3) is 0.579. The second-order valence-electron chi connectivity index (χ2n) is 7.23. The number of hydrogen-bond donors (Lipinski definition) is 2. The lowest BCUT2D eigenvalue weighted by molar-refractivity contribution is -0.127. The predicted octanol–water partition coefficient (Wildman–Crippen LogP) is 1.61. The van der Waals surface area contributed by atoms with Gasteiger partial charge in [0.1, 0.15) is 0 Å². The Morgan fingerprint density at radius 3 is 2.76 bits per heavy atom. The van der Waals surface area contributed by atoms with Crippen molar-refractivity contribution >= 4 is 16.9 Å². The number of carbonyl (C=O) groups is 1. The lowest BCUT2D eigenvalue weighted by atomic mass is 10.1. The molecule has 0 spiro atoms. The molecule has 0 radical (unpaired) electrons. The molecule has 1 aromatic heterocycles. The molecule has 1 saturated heterocycles. The van der Waals surface area contributed by atoms with Gasteiger partial charge in [0.15, 0.2) is 0 Å². The van der Waals surface area contributed by atoms with Crippen molar-refractivity contribution in [3.05, 3.63) is 29.6 Å². The third kappa shape index (κ3) is 4.19. The van der Waals surface area contributed by atoms with E-state index in [1.165, 1.54) is 11.1 Å². The number of nitrogens with one attached hydrogen (secondary N) is 1. The number of aromatic nitrogens is 2. The smallest absolute Gasteiger partial charge is 0.222 e. The molecule has 25 heavy (non-hydrogen) atoms. The maximum atomic E-state index is 11.7. The van der Waals surface area contributed by atoms with Crippen molar-refractivity contribution in [2.24, 2.45) is 0 Å². The number of hydrogen-bond acceptors (Lipinski definition) is 4. The first kappa shape index (κ1) is 17.9. The highest BCUT2D eigenvalue weighted by molar-refractivity contribution is 5.78. The molecule has 6 nitrogen and oxygen atoms in total. The Morgan fingerprint density at radius 1 is 1.28 bits per heavy atom. The molecule has 1 aliphatic rings. The van der Waals surface area contributed by atoms with Crippen LogP contribution in [-0.4, -0.2) is 57.2 Å². The van der Waals surface area contributed by atoms with Gasteiger partial charge < -0.3 is 19.9 Å². The summed E-state index contributed by atoms with van der Waals surface area (Å²) in [5.74, 6) is 0.241. The molecule has 3 rings (SSSR count). The third-order valence-corrected chi connectivity index (χ3v) is 5.01. The van der Waals surface area contributed by atoms with Crippen LogP contribution in [0.3, 0.4) is 0 Å². The number of imidazole rings is 1. The molecule has 0 bridgehead atoms. The van der Waals surface area contributed by atoms with E-state index < -0.39 is 6.10 Å². The SMILES string of the molecule is Cc1cc2ncn(C[C@@H](O)CN[C@@H](C)CN3CCCC3=O)c2cc1C. The summed E-state index contributed by atoms with van der Waals surface area (Å²) in [6, 6.07) is 4.38. The highest BCUT2D eigenvalue weighted by Gasteiger charge is 2.21. The molecule has 2 heterocycles. The Morgan fingerprint density at radius 2 is 2.04 bits per heavy atom. The predicted molar refractivity (Wildman–Crippen MR) is 98.5 cm³/mol. The van der Waals surface area contributed by atoms with Crippen molar-refractivity contribution in [1.29, 1.82) is 0 Å². The van der Waals surface area contributed by atoms with Gasteiger partial charge >= 0.3 is 0 Å². The van der Waals surface area contributed by atoms with Gasteiger partial charge in [-0.3, -0.25) is 4.79 Å². The number of nitrogens with zero attached hydrogens (tertiary/aromatic N) is 3. The zero-order valence-electron chi connectivity index (χ0n) is 15.3. The minimum absolute atomic E-state index is 0.168. The van der Waals surface area contributed by atoms with Crippen molar-refractivity contribution < 1.29 is 9.90 Å². The Bertz CT molecular complexity index is 755. The van der Waals surface area contributed by atoms with Crippen molar-refractivity contribution in [2.75, 3.05) is 19.6 Å². The molecule has 6 heteroatoms. The van der Waals surface area contributed by atoms with E-state index in [1.807, 2.05) is 9.47 Å². The van der Waals surface area contributed by atoms with Gasteiger partial charge in [-0.1, -0.05) is 0 Å². The fourth-order valence-corrected chi connectivity index (χ4v) is 3.38. The molecule has 1 amide bonds. The minimum atomic E-state index is -0.504. The molecule has 2 N–H and O–H groups in total. The average Bonchev–Trinajstić information content (AvgIpc) is 3.13. The van der Waals surface area contributed by atoms with Gasteiger partial charge in [0, 0.05) is 32.1 Å². The van der Waals surface area contributed by atoms with E-state index in [2.05, 4.69) is 43.2 Å². The molecule has 136 valence electrons. The number of aliphatic hydroxyl groups is 1. The van der Waals surface area contributed by atoms with E-state index in [9.17, 15) is 9.90 Å². The lowest BCUT2D eigenvalue weighted by Crippen LogP contribution is -2.43. The van der Waals surface area contributed by atoms with Crippen molar-refractivity contribution in [1.82, 2.24) is 19.8 Å². The van der Waals surface area contributed by atoms with Gasteiger partial charge in [-0.15, -0.1) is 0 Å². The molecule has 0 saturated carbocycles. The molecule has 1 fully saturated rings. The number of amides is 1. The summed E-state index contributed by atoms with van der Waals surface area (Å²) < 4.78 is 2.00. The van der Waals surface area contributed by atoms with Gasteiger partial charge in [-0.2, -0.15) is 0 Å². The van der Waals surface area contributed by atoms with Crippen LogP contribution in [0.15, 0.2) is 18.5 Å². The quantitative estimate of drug-likeness (QED) is 0.801. The number of fused-ring (bicyclic) bond motifs is 1. The van der Waals surface area contributed by atoms with Gasteiger partial charge in [0.05, 0.1) is 30.0 Å². The van der Waals surface area contributed by atoms with Crippen molar-refractivity contribution in [3.8, 4) is 0 Å². The Labute approximate surface area is 148 Å². The molecule has 2 atom stereocenters. The van der Waals surface area contributed by atoms with E-state index in [-0.39, 0.29) is 11.9 Å². The van der Waals surface area contributed by atoms with Crippen LogP contribution in [0.2, 0.25) is 0 Å². The van der Waals surface area contributed by atoms with Crippen LogP contribution in [0, 0.1) is 13.8 Å². The summed E-state index contributed by atoms with van der Waals surface area (Å²) >= 11 is 0. The van der Waals surface area contributed by atoms with Crippen LogP contribution < -0.4 is 5.32 Å². The van der Waals surface area contributed by atoms with Crippen LogP contribution in [0.25, 0.3) is 11.0 Å².